The Morgan fingerprint density at radius 3 is 3.00 bits per heavy atom. The third kappa shape index (κ3) is 3.33. The van der Waals surface area contributed by atoms with Gasteiger partial charge in [-0.2, -0.15) is 0 Å². The molecule has 0 N–H and O–H groups in total. The van der Waals surface area contributed by atoms with Crippen LogP contribution in [-0.4, -0.2) is 17.5 Å². The third-order valence-corrected chi connectivity index (χ3v) is 3.96. The molecule has 1 atom stereocenters. The molecule has 1 fully saturated rings. The van der Waals surface area contributed by atoms with Crippen molar-refractivity contribution < 1.29 is 0 Å². The second-order valence-electron chi connectivity index (χ2n) is 4.80. The van der Waals surface area contributed by atoms with E-state index in [9.17, 15) is 0 Å². The molecule has 0 radical (unpaired) electrons. The Labute approximate surface area is 107 Å². The van der Waals surface area contributed by atoms with E-state index in [0.29, 0.717) is 0 Å². The number of hydrogen-bond acceptors (Lipinski definition) is 1. The maximum Gasteiger partial charge on any atom is 0.0236 e. The van der Waals surface area contributed by atoms with Crippen LogP contribution in [-0.2, 0) is 6.54 Å². The van der Waals surface area contributed by atoms with Crippen LogP contribution in [0.4, 0.5) is 0 Å². The smallest absolute Gasteiger partial charge is 0.0236 e. The van der Waals surface area contributed by atoms with E-state index in [0.717, 1.165) is 12.6 Å². The summed E-state index contributed by atoms with van der Waals surface area (Å²) in [6.07, 6.45) is 5.52. The number of benzene rings is 1. The minimum Gasteiger partial charge on any atom is -0.296 e. The molecule has 1 saturated heterocycles. The molecule has 1 heterocycles. The van der Waals surface area contributed by atoms with Crippen LogP contribution in [0.15, 0.2) is 28.7 Å². The molecule has 1 unspecified atom stereocenters. The van der Waals surface area contributed by atoms with Gasteiger partial charge in [0.05, 0.1) is 0 Å². The lowest BCUT2D eigenvalue weighted by Crippen LogP contribution is -2.31. The van der Waals surface area contributed by atoms with Crippen molar-refractivity contribution in [2.75, 3.05) is 6.54 Å². The first-order chi connectivity index (χ1) is 7.75. The van der Waals surface area contributed by atoms with Gasteiger partial charge in [0, 0.05) is 17.1 Å². The summed E-state index contributed by atoms with van der Waals surface area (Å²) in [5, 5.41) is 0. The van der Waals surface area contributed by atoms with Gasteiger partial charge in [-0.3, -0.25) is 4.90 Å². The fourth-order valence-electron chi connectivity index (χ4n) is 2.44. The molecular weight excluding hydrogens is 262 g/mol. The highest BCUT2D eigenvalue weighted by Gasteiger charge is 2.16. The average molecular weight is 282 g/mol. The highest BCUT2D eigenvalue weighted by Crippen LogP contribution is 2.20. The standard InChI is InChI=1S/C14H20BrN/c1-12-6-3-2-4-9-16(12)11-13-7-5-8-14(15)10-13/h5,7-8,10,12H,2-4,6,9,11H2,1H3. The summed E-state index contributed by atoms with van der Waals surface area (Å²) in [5.41, 5.74) is 1.42. The van der Waals surface area contributed by atoms with Crippen molar-refractivity contribution in [3.63, 3.8) is 0 Å². The van der Waals surface area contributed by atoms with Gasteiger partial charge < -0.3 is 0 Å². The molecule has 2 rings (SSSR count). The maximum atomic E-state index is 3.54. The Morgan fingerprint density at radius 2 is 2.19 bits per heavy atom. The predicted molar refractivity (Wildman–Crippen MR) is 72.5 cm³/mol. The Bertz CT molecular complexity index is 337. The summed E-state index contributed by atoms with van der Waals surface area (Å²) in [6, 6.07) is 9.42. The van der Waals surface area contributed by atoms with Crippen LogP contribution < -0.4 is 0 Å². The molecule has 0 saturated carbocycles. The predicted octanol–water partition coefficient (Wildman–Crippen LogP) is 4.21. The summed E-state index contributed by atoms with van der Waals surface area (Å²) in [7, 11) is 0. The van der Waals surface area contributed by atoms with Crippen molar-refractivity contribution in [1.82, 2.24) is 4.90 Å². The van der Waals surface area contributed by atoms with Crippen LogP contribution in [0.3, 0.4) is 0 Å². The Balaban J connectivity index is 2.02. The average Bonchev–Trinajstić information content (AvgIpc) is 2.45. The number of rotatable bonds is 2. The van der Waals surface area contributed by atoms with Crippen molar-refractivity contribution in [2.24, 2.45) is 0 Å². The molecule has 1 aliphatic rings. The molecule has 16 heavy (non-hydrogen) atoms. The minimum absolute atomic E-state index is 0.737. The largest absolute Gasteiger partial charge is 0.296 e. The first-order valence-electron chi connectivity index (χ1n) is 6.24. The highest BCUT2D eigenvalue weighted by molar-refractivity contribution is 9.10. The third-order valence-electron chi connectivity index (χ3n) is 3.47. The van der Waals surface area contributed by atoms with Gasteiger partial charge in [-0.05, 0) is 44.0 Å². The molecular formula is C14H20BrN. The van der Waals surface area contributed by atoms with Gasteiger partial charge in [-0.25, -0.2) is 0 Å². The summed E-state index contributed by atoms with van der Waals surface area (Å²) >= 11 is 3.54. The molecule has 0 amide bonds. The summed E-state index contributed by atoms with van der Waals surface area (Å²) < 4.78 is 1.19. The Hall–Kier alpha value is -0.340. The molecule has 88 valence electrons. The summed E-state index contributed by atoms with van der Waals surface area (Å²) in [6.45, 7) is 4.72. The number of likely N-dealkylation sites (tertiary alicyclic amines) is 1. The monoisotopic (exact) mass is 281 g/mol. The minimum atomic E-state index is 0.737. The van der Waals surface area contributed by atoms with Gasteiger partial charge in [0.15, 0.2) is 0 Å². The number of halogens is 1. The van der Waals surface area contributed by atoms with E-state index in [1.54, 1.807) is 0 Å². The van der Waals surface area contributed by atoms with Crippen LogP contribution >= 0.6 is 15.9 Å². The first-order valence-corrected chi connectivity index (χ1v) is 7.03. The van der Waals surface area contributed by atoms with Crippen molar-refractivity contribution in [3.05, 3.63) is 34.3 Å². The van der Waals surface area contributed by atoms with E-state index in [1.165, 1.54) is 42.3 Å². The van der Waals surface area contributed by atoms with Gasteiger partial charge in [0.2, 0.25) is 0 Å². The van der Waals surface area contributed by atoms with Crippen molar-refractivity contribution in [3.8, 4) is 0 Å². The second-order valence-corrected chi connectivity index (χ2v) is 5.71. The van der Waals surface area contributed by atoms with E-state index >= 15 is 0 Å². The molecule has 0 aliphatic carbocycles. The van der Waals surface area contributed by atoms with Crippen LogP contribution in [0.25, 0.3) is 0 Å². The van der Waals surface area contributed by atoms with E-state index in [1.807, 2.05) is 0 Å². The molecule has 1 nitrogen and oxygen atoms in total. The van der Waals surface area contributed by atoms with Crippen molar-refractivity contribution in [1.29, 1.82) is 0 Å². The van der Waals surface area contributed by atoms with Gasteiger partial charge in [0.1, 0.15) is 0 Å². The molecule has 2 heteroatoms. The van der Waals surface area contributed by atoms with E-state index in [-0.39, 0.29) is 0 Å². The van der Waals surface area contributed by atoms with Crippen molar-refractivity contribution >= 4 is 15.9 Å². The number of nitrogens with zero attached hydrogens (tertiary/aromatic N) is 1. The van der Waals surface area contributed by atoms with Gasteiger partial charge in [-0.15, -0.1) is 0 Å². The lowest BCUT2D eigenvalue weighted by Gasteiger charge is -2.26. The van der Waals surface area contributed by atoms with Crippen LogP contribution in [0.1, 0.15) is 38.2 Å². The fraction of sp³-hybridized carbons (Fsp3) is 0.571. The molecule has 0 aromatic heterocycles. The SMILES string of the molecule is CC1CCCCCN1Cc1cccc(Br)c1. The Morgan fingerprint density at radius 1 is 1.31 bits per heavy atom. The zero-order valence-corrected chi connectivity index (χ0v) is 11.5. The van der Waals surface area contributed by atoms with E-state index in [4.69, 9.17) is 0 Å². The zero-order chi connectivity index (χ0) is 11.4. The van der Waals surface area contributed by atoms with Gasteiger partial charge in [-0.1, -0.05) is 40.9 Å². The molecule has 0 bridgehead atoms. The maximum absolute atomic E-state index is 3.54. The fourth-order valence-corrected chi connectivity index (χ4v) is 2.89. The number of hydrogen-bond donors (Lipinski definition) is 0. The highest BCUT2D eigenvalue weighted by atomic mass is 79.9. The molecule has 1 aromatic carbocycles. The Kier molecular flexibility index (Phi) is 4.42. The molecule has 0 spiro atoms. The topological polar surface area (TPSA) is 3.24 Å². The second kappa shape index (κ2) is 5.83. The van der Waals surface area contributed by atoms with E-state index < -0.39 is 0 Å². The quantitative estimate of drug-likeness (QED) is 0.785. The lowest BCUT2D eigenvalue weighted by molar-refractivity contribution is 0.205. The van der Waals surface area contributed by atoms with E-state index in [2.05, 4.69) is 52.0 Å². The van der Waals surface area contributed by atoms with Crippen LogP contribution in [0.2, 0.25) is 0 Å². The summed E-state index contributed by atoms with van der Waals surface area (Å²) in [4.78, 5) is 2.62. The van der Waals surface area contributed by atoms with Crippen LogP contribution in [0, 0.1) is 0 Å². The van der Waals surface area contributed by atoms with Crippen LogP contribution in [0.5, 0.6) is 0 Å². The van der Waals surface area contributed by atoms with Crippen molar-refractivity contribution in [2.45, 2.75) is 45.2 Å². The zero-order valence-electron chi connectivity index (χ0n) is 9.95. The van der Waals surface area contributed by atoms with Gasteiger partial charge >= 0.3 is 0 Å². The first kappa shape index (κ1) is 12.1. The van der Waals surface area contributed by atoms with Gasteiger partial charge in [0.25, 0.3) is 0 Å². The summed E-state index contributed by atoms with van der Waals surface area (Å²) in [5.74, 6) is 0. The molecule has 1 aliphatic heterocycles. The lowest BCUT2D eigenvalue weighted by atomic mass is 10.1. The molecule has 1 aromatic rings. The normalized spacial score (nSPS) is 23.0.